The van der Waals surface area contributed by atoms with Crippen LogP contribution < -0.4 is 10.5 Å². The van der Waals surface area contributed by atoms with Crippen LogP contribution in [0.25, 0.3) is 15.2 Å². The van der Waals surface area contributed by atoms with Crippen LogP contribution in [0.15, 0.2) is 22.4 Å². The fraction of sp³-hybridized carbons (Fsp3) is 0.400. The van der Waals surface area contributed by atoms with Gasteiger partial charge in [-0.25, -0.2) is 15.0 Å². The number of aryl methyl sites for hydroxylation is 3. The second kappa shape index (κ2) is 7.16. The first-order valence-electron chi connectivity index (χ1n) is 9.67. The molecular formula is C20H22N6OS2. The van der Waals surface area contributed by atoms with E-state index < -0.39 is 0 Å². The van der Waals surface area contributed by atoms with Crippen LogP contribution in [0, 0.1) is 20.8 Å². The highest BCUT2D eigenvalue weighted by Gasteiger charge is 2.23. The summed E-state index contributed by atoms with van der Waals surface area (Å²) in [7, 11) is 0. The summed E-state index contributed by atoms with van der Waals surface area (Å²) >= 11 is 3.24. The van der Waals surface area contributed by atoms with Crippen LogP contribution in [0.5, 0.6) is 0 Å². The van der Waals surface area contributed by atoms with E-state index in [0.717, 1.165) is 53.3 Å². The molecule has 4 aromatic rings. The molecule has 0 unspecified atom stereocenters. The fourth-order valence-corrected chi connectivity index (χ4v) is 5.68. The van der Waals surface area contributed by atoms with Crippen molar-refractivity contribution >= 4 is 43.7 Å². The Morgan fingerprint density at radius 3 is 2.66 bits per heavy atom. The van der Waals surface area contributed by atoms with Gasteiger partial charge in [-0.3, -0.25) is 14.1 Å². The third-order valence-corrected chi connectivity index (χ3v) is 7.39. The van der Waals surface area contributed by atoms with E-state index in [1.165, 1.54) is 27.2 Å². The zero-order chi connectivity index (χ0) is 20.1. The summed E-state index contributed by atoms with van der Waals surface area (Å²) in [6.45, 7) is 10.6. The first-order valence-corrected chi connectivity index (χ1v) is 11.4. The van der Waals surface area contributed by atoms with Crippen molar-refractivity contribution in [2.24, 2.45) is 0 Å². The number of thiophene rings is 1. The number of piperazine rings is 1. The van der Waals surface area contributed by atoms with Gasteiger partial charge >= 0.3 is 0 Å². The molecule has 0 atom stereocenters. The number of anilines is 1. The summed E-state index contributed by atoms with van der Waals surface area (Å²) in [6, 6.07) is 1.65. The lowest BCUT2D eigenvalue weighted by Crippen LogP contribution is -2.46. The zero-order valence-corrected chi connectivity index (χ0v) is 18.3. The third kappa shape index (κ3) is 3.33. The van der Waals surface area contributed by atoms with Crippen molar-refractivity contribution in [1.82, 2.24) is 24.3 Å². The number of aromatic nitrogens is 4. The molecule has 1 aliphatic heterocycles. The van der Waals surface area contributed by atoms with Crippen LogP contribution in [0.1, 0.15) is 22.0 Å². The van der Waals surface area contributed by atoms with Crippen molar-refractivity contribution < 1.29 is 0 Å². The summed E-state index contributed by atoms with van der Waals surface area (Å²) < 4.78 is 1.60. The summed E-state index contributed by atoms with van der Waals surface area (Å²) in [4.78, 5) is 34.2. The molecule has 1 fully saturated rings. The minimum atomic E-state index is -0.00737. The van der Waals surface area contributed by atoms with Gasteiger partial charge in [-0.2, -0.15) is 0 Å². The first-order chi connectivity index (χ1) is 14.0. The van der Waals surface area contributed by atoms with Gasteiger partial charge in [-0.05, 0) is 26.3 Å². The lowest BCUT2D eigenvalue weighted by Gasteiger charge is -2.35. The van der Waals surface area contributed by atoms with Crippen LogP contribution in [0.4, 0.5) is 5.82 Å². The lowest BCUT2D eigenvalue weighted by atomic mass is 10.2. The monoisotopic (exact) mass is 426 g/mol. The average molecular weight is 427 g/mol. The van der Waals surface area contributed by atoms with Gasteiger partial charge in [0.25, 0.3) is 5.56 Å². The predicted octanol–water partition coefficient (Wildman–Crippen LogP) is 3.01. The van der Waals surface area contributed by atoms with Crippen molar-refractivity contribution in [1.29, 1.82) is 0 Å². The molecule has 0 N–H and O–H groups in total. The van der Waals surface area contributed by atoms with E-state index in [1.54, 1.807) is 28.0 Å². The normalized spacial score (nSPS) is 15.6. The number of hydrogen-bond acceptors (Lipinski definition) is 8. The number of hydrogen-bond donors (Lipinski definition) is 0. The Bertz CT molecular complexity index is 1270. The Kier molecular flexibility index (Phi) is 4.60. The molecule has 5 rings (SSSR count). The number of fused-ring (bicyclic) bond motifs is 2. The molecule has 5 heterocycles. The Labute approximate surface area is 176 Å². The molecule has 0 spiro atoms. The van der Waals surface area contributed by atoms with Crippen LogP contribution in [0.2, 0.25) is 0 Å². The molecule has 29 heavy (non-hydrogen) atoms. The van der Waals surface area contributed by atoms with Crippen molar-refractivity contribution in [2.45, 2.75) is 27.3 Å². The van der Waals surface area contributed by atoms with E-state index in [0.29, 0.717) is 6.54 Å². The van der Waals surface area contributed by atoms with E-state index in [1.807, 2.05) is 12.3 Å². The molecule has 0 amide bonds. The topological polar surface area (TPSA) is 66.6 Å². The van der Waals surface area contributed by atoms with Gasteiger partial charge < -0.3 is 4.90 Å². The highest BCUT2D eigenvalue weighted by atomic mass is 32.1. The summed E-state index contributed by atoms with van der Waals surface area (Å²) in [5.41, 5.74) is 2.12. The smallest absolute Gasteiger partial charge is 0.258 e. The number of thiazole rings is 1. The summed E-state index contributed by atoms with van der Waals surface area (Å²) in [5.74, 6) is 1.88. The highest BCUT2D eigenvalue weighted by molar-refractivity contribution is 7.18. The molecule has 0 aliphatic carbocycles. The predicted molar refractivity (Wildman–Crippen MR) is 118 cm³/mol. The molecule has 150 valence electrons. The van der Waals surface area contributed by atoms with Crippen LogP contribution >= 0.6 is 22.7 Å². The van der Waals surface area contributed by atoms with E-state index in [2.05, 4.69) is 33.6 Å². The molecule has 0 radical (unpaired) electrons. The minimum absolute atomic E-state index is 0.00737. The van der Waals surface area contributed by atoms with Gasteiger partial charge in [-0.1, -0.05) is 0 Å². The maximum atomic E-state index is 12.2. The van der Waals surface area contributed by atoms with Gasteiger partial charge in [0, 0.05) is 55.2 Å². The zero-order valence-electron chi connectivity index (χ0n) is 16.7. The number of rotatable bonds is 3. The maximum absolute atomic E-state index is 12.2. The van der Waals surface area contributed by atoms with Gasteiger partial charge in [-0.15, -0.1) is 22.7 Å². The van der Waals surface area contributed by atoms with Crippen LogP contribution in [0.3, 0.4) is 0 Å². The SMILES string of the molecule is Cc1nc(N2CCN(Cc3cc(=O)n4ccsc4n3)CC2)c2c(C)c(C)sc2n1. The average Bonchev–Trinajstić information content (AvgIpc) is 3.27. The van der Waals surface area contributed by atoms with Crippen molar-refractivity contribution in [3.05, 3.63) is 50.0 Å². The van der Waals surface area contributed by atoms with Gasteiger partial charge in [0.15, 0.2) is 4.96 Å². The van der Waals surface area contributed by atoms with E-state index in [-0.39, 0.29) is 5.56 Å². The summed E-state index contributed by atoms with van der Waals surface area (Å²) in [6.07, 6.45) is 1.77. The molecule has 4 aromatic heterocycles. The van der Waals surface area contributed by atoms with Crippen LogP contribution in [-0.4, -0.2) is 50.4 Å². The molecule has 1 aliphatic rings. The third-order valence-electron chi connectivity index (χ3n) is 5.54. The second-order valence-corrected chi connectivity index (χ2v) is 9.54. The first kappa shape index (κ1) is 18.7. The maximum Gasteiger partial charge on any atom is 0.258 e. The van der Waals surface area contributed by atoms with E-state index >= 15 is 0 Å². The van der Waals surface area contributed by atoms with Gasteiger partial charge in [0.2, 0.25) is 0 Å². The molecule has 0 aromatic carbocycles. The highest BCUT2D eigenvalue weighted by Crippen LogP contribution is 2.35. The molecule has 1 saturated heterocycles. The minimum Gasteiger partial charge on any atom is -0.353 e. The van der Waals surface area contributed by atoms with Gasteiger partial charge in [0.1, 0.15) is 16.5 Å². The Hall–Kier alpha value is -2.36. The van der Waals surface area contributed by atoms with Gasteiger partial charge in [0.05, 0.1) is 11.1 Å². The lowest BCUT2D eigenvalue weighted by molar-refractivity contribution is 0.247. The molecule has 0 saturated carbocycles. The largest absolute Gasteiger partial charge is 0.353 e. The molecule has 9 heteroatoms. The Morgan fingerprint density at radius 1 is 1.07 bits per heavy atom. The Balaban J connectivity index is 1.35. The van der Waals surface area contributed by atoms with E-state index in [4.69, 9.17) is 4.98 Å². The number of nitrogens with zero attached hydrogens (tertiary/aromatic N) is 6. The van der Waals surface area contributed by atoms with Crippen molar-refractivity contribution in [2.75, 3.05) is 31.1 Å². The van der Waals surface area contributed by atoms with Crippen molar-refractivity contribution in [3.8, 4) is 0 Å². The standard InChI is InChI=1S/C20H22N6OS2/c1-12-13(2)29-19-17(12)18(21-14(3)22-19)25-6-4-24(5-7-25)11-15-10-16(27)26-8-9-28-20(26)23-15/h8-10H,4-7,11H2,1-3H3. The quantitative estimate of drug-likeness (QED) is 0.502. The molecule has 7 nitrogen and oxygen atoms in total. The van der Waals surface area contributed by atoms with Crippen molar-refractivity contribution in [3.63, 3.8) is 0 Å². The Morgan fingerprint density at radius 2 is 1.86 bits per heavy atom. The second-order valence-electron chi connectivity index (χ2n) is 7.46. The molecule has 0 bridgehead atoms. The van der Waals surface area contributed by atoms with E-state index in [9.17, 15) is 4.79 Å². The fourth-order valence-electron chi connectivity index (χ4n) is 3.88. The van der Waals surface area contributed by atoms with Crippen LogP contribution in [-0.2, 0) is 6.54 Å². The summed E-state index contributed by atoms with van der Waals surface area (Å²) in [5, 5.41) is 3.09. The molecular weight excluding hydrogens is 404 g/mol.